The van der Waals surface area contributed by atoms with E-state index in [-0.39, 0.29) is 18.1 Å². The van der Waals surface area contributed by atoms with E-state index in [9.17, 15) is 4.79 Å². The maximum atomic E-state index is 12.5. The third kappa shape index (κ3) is 4.30. The van der Waals surface area contributed by atoms with Crippen molar-refractivity contribution in [2.75, 3.05) is 6.54 Å². The summed E-state index contributed by atoms with van der Waals surface area (Å²) < 4.78 is 11.8. The number of pyridine rings is 1. The molecule has 4 rings (SSSR count). The molecule has 5 heteroatoms. The van der Waals surface area contributed by atoms with Crippen LogP contribution in [0.4, 0.5) is 0 Å². The fraction of sp³-hybridized carbons (Fsp3) is 0.280. The highest BCUT2D eigenvalue weighted by molar-refractivity contribution is 5.94. The fourth-order valence-corrected chi connectivity index (χ4v) is 3.67. The van der Waals surface area contributed by atoms with E-state index in [2.05, 4.69) is 16.4 Å². The molecule has 30 heavy (non-hydrogen) atoms. The van der Waals surface area contributed by atoms with Crippen molar-refractivity contribution in [2.24, 2.45) is 0 Å². The maximum Gasteiger partial charge on any atom is 0.251 e. The van der Waals surface area contributed by atoms with E-state index in [1.54, 1.807) is 18.3 Å². The van der Waals surface area contributed by atoms with Gasteiger partial charge in [-0.05, 0) is 68.3 Å². The Hall–Kier alpha value is -3.34. The van der Waals surface area contributed by atoms with Crippen molar-refractivity contribution in [3.05, 3.63) is 77.5 Å². The number of carbonyl (C=O) groups excluding carboxylic acids is 1. The molecule has 1 aromatic heterocycles. The van der Waals surface area contributed by atoms with Gasteiger partial charge < -0.3 is 14.8 Å². The third-order valence-corrected chi connectivity index (χ3v) is 5.07. The third-order valence-electron chi connectivity index (χ3n) is 5.07. The van der Waals surface area contributed by atoms with E-state index in [4.69, 9.17) is 9.47 Å². The van der Waals surface area contributed by atoms with Crippen molar-refractivity contribution in [3.8, 4) is 22.8 Å². The lowest BCUT2D eigenvalue weighted by Crippen LogP contribution is -2.34. The van der Waals surface area contributed by atoms with Gasteiger partial charge in [0.05, 0.1) is 18.3 Å². The van der Waals surface area contributed by atoms with Gasteiger partial charge in [-0.2, -0.15) is 0 Å². The molecule has 0 fully saturated rings. The number of rotatable bonds is 6. The van der Waals surface area contributed by atoms with Crippen LogP contribution in [0.25, 0.3) is 11.3 Å². The fourth-order valence-electron chi connectivity index (χ4n) is 3.67. The largest absolute Gasteiger partial charge is 0.491 e. The lowest BCUT2D eigenvalue weighted by molar-refractivity contribution is 0.0933. The maximum absolute atomic E-state index is 12.5. The summed E-state index contributed by atoms with van der Waals surface area (Å²) in [5, 5.41) is 2.99. The van der Waals surface area contributed by atoms with E-state index in [1.807, 2.05) is 57.2 Å². The van der Waals surface area contributed by atoms with E-state index >= 15 is 0 Å². The number of aryl methyl sites for hydroxylation is 1. The first-order valence-corrected chi connectivity index (χ1v) is 10.3. The smallest absolute Gasteiger partial charge is 0.251 e. The molecule has 0 aliphatic carbocycles. The summed E-state index contributed by atoms with van der Waals surface area (Å²) in [6.07, 6.45) is 2.56. The number of aromatic nitrogens is 1. The molecule has 0 saturated carbocycles. The lowest BCUT2D eigenvalue weighted by atomic mass is 10.0. The number of para-hydroxylation sites is 1. The second-order valence-electron chi connectivity index (χ2n) is 7.81. The number of nitrogens with zero attached hydrogens (tertiary/aromatic N) is 1. The van der Waals surface area contributed by atoms with Gasteiger partial charge >= 0.3 is 0 Å². The number of amides is 1. The Balaban J connectivity index is 1.40. The first-order valence-electron chi connectivity index (χ1n) is 10.3. The van der Waals surface area contributed by atoms with E-state index in [1.165, 1.54) is 0 Å². The highest BCUT2D eigenvalue weighted by Crippen LogP contribution is 2.38. The number of fused-ring (bicyclic) bond motifs is 1. The average Bonchev–Trinajstić information content (AvgIpc) is 3.16. The van der Waals surface area contributed by atoms with Crippen LogP contribution >= 0.6 is 0 Å². The summed E-state index contributed by atoms with van der Waals surface area (Å²) >= 11 is 0. The minimum Gasteiger partial charge on any atom is -0.491 e. The molecule has 0 spiro atoms. The normalized spacial score (nSPS) is 14.9. The van der Waals surface area contributed by atoms with Gasteiger partial charge in [-0.3, -0.25) is 9.78 Å². The average molecular weight is 402 g/mol. The number of nitrogens with one attached hydrogen (secondary N) is 1. The summed E-state index contributed by atoms with van der Waals surface area (Å²) in [7, 11) is 0. The topological polar surface area (TPSA) is 60.5 Å². The predicted octanol–water partition coefficient (Wildman–Crippen LogP) is 4.58. The van der Waals surface area contributed by atoms with Crippen LogP contribution in [0.3, 0.4) is 0 Å². The van der Waals surface area contributed by atoms with Crippen LogP contribution in [0.15, 0.2) is 60.8 Å². The van der Waals surface area contributed by atoms with Crippen LogP contribution in [0.1, 0.15) is 35.3 Å². The van der Waals surface area contributed by atoms with Crippen molar-refractivity contribution >= 4 is 5.91 Å². The van der Waals surface area contributed by atoms with Gasteiger partial charge in [-0.15, -0.1) is 0 Å². The van der Waals surface area contributed by atoms with Gasteiger partial charge in [0.1, 0.15) is 17.6 Å². The molecule has 5 nitrogen and oxygen atoms in total. The predicted molar refractivity (Wildman–Crippen MR) is 117 cm³/mol. The molecule has 2 heterocycles. The summed E-state index contributed by atoms with van der Waals surface area (Å²) in [6.45, 7) is 6.44. The van der Waals surface area contributed by atoms with Crippen molar-refractivity contribution in [1.29, 1.82) is 0 Å². The Morgan fingerprint density at radius 1 is 1.17 bits per heavy atom. The van der Waals surface area contributed by atoms with Gasteiger partial charge in [0, 0.05) is 23.7 Å². The highest BCUT2D eigenvalue weighted by Gasteiger charge is 2.27. The Kier molecular flexibility index (Phi) is 5.70. The van der Waals surface area contributed by atoms with E-state index in [0.717, 1.165) is 40.3 Å². The molecule has 1 atom stereocenters. The zero-order valence-corrected chi connectivity index (χ0v) is 17.5. The number of benzene rings is 2. The highest BCUT2D eigenvalue weighted by atomic mass is 16.5. The number of carbonyl (C=O) groups is 1. The van der Waals surface area contributed by atoms with Gasteiger partial charge in [0.15, 0.2) is 0 Å². The van der Waals surface area contributed by atoms with Gasteiger partial charge in [0.2, 0.25) is 0 Å². The Labute approximate surface area is 177 Å². The second-order valence-corrected chi connectivity index (χ2v) is 7.81. The molecule has 0 unspecified atom stereocenters. The number of hydrogen-bond acceptors (Lipinski definition) is 4. The van der Waals surface area contributed by atoms with Crippen LogP contribution in [0.5, 0.6) is 11.5 Å². The minimum absolute atomic E-state index is 0.0994. The minimum atomic E-state index is -0.119. The lowest BCUT2D eigenvalue weighted by Gasteiger charge is -2.14. The number of hydrogen-bond donors (Lipinski definition) is 1. The molecule has 154 valence electrons. The molecule has 0 radical (unpaired) electrons. The van der Waals surface area contributed by atoms with Gasteiger partial charge in [-0.25, -0.2) is 0 Å². The van der Waals surface area contributed by atoms with Crippen molar-refractivity contribution < 1.29 is 14.3 Å². The molecule has 2 aromatic carbocycles. The Morgan fingerprint density at radius 3 is 2.70 bits per heavy atom. The molecule has 1 aliphatic heterocycles. The molecular weight excluding hydrogens is 376 g/mol. The first kappa shape index (κ1) is 20.0. The molecule has 0 saturated heterocycles. The summed E-state index contributed by atoms with van der Waals surface area (Å²) in [4.78, 5) is 17.1. The Morgan fingerprint density at radius 2 is 1.97 bits per heavy atom. The van der Waals surface area contributed by atoms with E-state index < -0.39 is 0 Å². The van der Waals surface area contributed by atoms with Crippen molar-refractivity contribution in [1.82, 2.24) is 10.3 Å². The zero-order valence-electron chi connectivity index (χ0n) is 17.5. The summed E-state index contributed by atoms with van der Waals surface area (Å²) in [5.41, 5.74) is 4.79. The molecule has 0 bridgehead atoms. The standard InChI is InChI=1S/C25H26N2O3/c1-16(2)29-20-11-9-18(10-12-20)25(28)27-15-21-14-19-7-4-8-22(24(19)30-21)23-17(3)6-5-13-26-23/h4-13,16,21H,14-15H2,1-3H3,(H,27,28)/t21-/m0/s1. The van der Waals surface area contributed by atoms with Gasteiger partial charge in [-0.1, -0.05) is 18.2 Å². The van der Waals surface area contributed by atoms with Crippen LogP contribution in [0.2, 0.25) is 0 Å². The molecule has 3 aromatic rings. The Bertz CT molecular complexity index is 1040. The zero-order chi connectivity index (χ0) is 21.1. The van der Waals surface area contributed by atoms with Gasteiger partial charge in [0.25, 0.3) is 5.91 Å². The second kappa shape index (κ2) is 8.57. The number of ether oxygens (including phenoxy) is 2. The molecule has 1 aliphatic rings. The summed E-state index contributed by atoms with van der Waals surface area (Å²) in [6, 6.07) is 17.3. The van der Waals surface area contributed by atoms with Crippen LogP contribution in [0, 0.1) is 6.92 Å². The van der Waals surface area contributed by atoms with Crippen molar-refractivity contribution in [2.45, 2.75) is 39.4 Å². The van der Waals surface area contributed by atoms with Crippen molar-refractivity contribution in [3.63, 3.8) is 0 Å². The monoisotopic (exact) mass is 402 g/mol. The molecule has 1 amide bonds. The first-order chi connectivity index (χ1) is 14.5. The van der Waals surface area contributed by atoms with Crippen LogP contribution in [-0.4, -0.2) is 29.6 Å². The molecular formula is C25H26N2O3. The molecule has 1 N–H and O–H groups in total. The SMILES string of the molecule is Cc1cccnc1-c1cccc2c1O[C@H](CNC(=O)c1ccc(OC(C)C)cc1)C2. The van der Waals surface area contributed by atoms with Crippen LogP contribution in [-0.2, 0) is 6.42 Å². The van der Waals surface area contributed by atoms with E-state index in [0.29, 0.717) is 12.1 Å². The van der Waals surface area contributed by atoms with Crippen LogP contribution < -0.4 is 14.8 Å². The summed E-state index contributed by atoms with van der Waals surface area (Å²) in [5.74, 6) is 1.51. The quantitative estimate of drug-likeness (QED) is 0.656.